The highest BCUT2D eigenvalue weighted by molar-refractivity contribution is 7.89. The minimum atomic E-state index is -4.26. The van der Waals surface area contributed by atoms with Crippen molar-refractivity contribution in [3.8, 4) is 0 Å². The Morgan fingerprint density at radius 3 is 2.56 bits per heavy atom. The number of hydrogen-bond acceptors (Lipinski definition) is 3. The lowest BCUT2D eigenvalue weighted by molar-refractivity contribution is 0.0183. The van der Waals surface area contributed by atoms with Gasteiger partial charge in [0, 0.05) is 18.7 Å². The maximum atomic E-state index is 13.5. The second kappa shape index (κ2) is 4.13. The molecule has 0 aliphatic carbocycles. The molecule has 1 saturated heterocycles. The molecule has 0 atom stereocenters. The topological polar surface area (TPSA) is 63.4 Å². The van der Waals surface area contributed by atoms with Gasteiger partial charge in [0.2, 0.25) is 10.0 Å². The molecule has 0 unspecified atom stereocenters. The van der Waals surface area contributed by atoms with Gasteiger partial charge in [-0.05, 0) is 18.2 Å². The van der Waals surface area contributed by atoms with Gasteiger partial charge in [0.05, 0.1) is 6.54 Å². The largest absolute Gasteiger partial charge is 0.399 e. The van der Waals surface area contributed by atoms with Gasteiger partial charge < -0.3 is 5.73 Å². The standard InChI is InChI=1S/C10H11F3N2O2S/c11-8-2-1-7(14)5-9(8)18(16,17)15-4-3-10(12,13)6-15/h1-2,5H,3-4,6,14H2. The van der Waals surface area contributed by atoms with Gasteiger partial charge in [-0.25, -0.2) is 21.6 Å². The maximum absolute atomic E-state index is 13.5. The number of rotatable bonds is 2. The molecular weight excluding hydrogens is 269 g/mol. The lowest BCUT2D eigenvalue weighted by Crippen LogP contribution is -2.32. The third-order valence-corrected chi connectivity index (χ3v) is 4.57. The van der Waals surface area contributed by atoms with Gasteiger partial charge in [-0.2, -0.15) is 4.31 Å². The molecule has 1 aliphatic heterocycles. The smallest absolute Gasteiger partial charge is 0.262 e. The van der Waals surface area contributed by atoms with E-state index in [0.717, 1.165) is 12.1 Å². The highest BCUT2D eigenvalue weighted by Gasteiger charge is 2.44. The summed E-state index contributed by atoms with van der Waals surface area (Å²) < 4.78 is 64.0. The fraction of sp³-hybridized carbons (Fsp3) is 0.400. The second-order valence-electron chi connectivity index (χ2n) is 4.13. The Balaban J connectivity index is 2.40. The summed E-state index contributed by atoms with van der Waals surface area (Å²) in [5.41, 5.74) is 5.43. The molecule has 0 saturated carbocycles. The maximum Gasteiger partial charge on any atom is 0.262 e. The zero-order valence-electron chi connectivity index (χ0n) is 9.24. The molecule has 0 aromatic heterocycles. The van der Waals surface area contributed by atoms with Crippen molar-refractivity contribution in [1.82, 2.24) is 4.31 Å². The van der Waals surface area contributed by atoms with Crippen molar-refractivity contribution in [3.63, 3.8) is 0 Å². The molecule has 4 nitrogen and oxygen atoms in total. The molecule has 0 radical (unpaired) electrons. The first kappa shape index (κ1) is 13.2. The van der Waals surface area contributed by atoms with Crippen molar-refractivity contribution in [1.29, 1.82) is 0 Å². The van der Waals surface area contributed by atoms with E-state index in [1.807, 2.05) is 0 Å². The summed E-state index contributed by atoms with van der Waals surface area (Å²) in [6, 6.07) is 3.03. The predicted octanol–water partition coefficient (Wildman–Crippen LogP) is 1.44. The third kappa shape index (κ3) is 2.30. The highest BCUT2D eigenvalue weighted by atomic mass is 32.2. The number of nitrogen functional groups attached to an aromatic ring is 1. The molecule has 2 rings (SSSR count). The molecule has 8 heteroatoms. The Morgan fingerprint density at radius 1 is 1.33 bits per heavy atom. The van der Waals surface area contributed by atoms with E-state index in [1.54, 1.807) is 0 Å². The first-order valence-corrected chi connectivity index (χ1v) is 6.59. The van der Waals surface area contributed by atoms with Gasteiger partial charge in [-0.15, -0.1) is 0 Å². The van der Waals surface area contributed by atoms with Crippen molar-refractivity contribution >= 4 is 15.7 Å². The summed E-state index contributed by atoms with van der Waals surface area (Å²) in [7, 11) is -4.26. The zero-order valence-corrected chi connectivity index (χ0v) is 10.1. The van der Waals surface area contributed by atoms with Crippen LogP contribution in [0.2, 0.25) is 0 Å². The Hall–Kier alpha value is -1.28. The van der Waals surface area contributed by atoms with Crippen LogP contribution >= 0.6 is 0 Å². The number of nitrogens with zero attached hydrogens (tertiary/aromatic N) is 1. The van der Waals surface area contributed by atoms with E-state index in [1.165, 1.54) is 6.07 Å². The second-order valence-corrected chi connectivity index (χ2v) is 6.04. The number of anilines is 1. The van der Waals surface area contributed by atoms with E-state index in [-0.39, 0.29) is 12.2 Å². The average molecular weight is 280 g/mol. The van der Waals surface area contributed by atoms with Crippen LogP contribution in [0.15, 0.2) is 23.1 Å². The van der Waals surface area contributed by atoms with Gasteiger partial charge in [0.1, 0.15) is 10.7 Å². The van der Waals surface area contributed by atoms with Crippen molar-refractivity contribution in [3.05, 3.63) is 24.0 Å². The van der Waals surface area contributed by atoms with E-state index in [9.17, 15) is 21.6 Å². The van der Waals surface area contributed by atoms with Crippen LogP contribution in [0.1, 0.15) is 6.42 Å². The van der Waals surface area contributed by atoms with E-state index in [2.05, 4.69) is 0 Å². The van der Waals surface area contributed by atoms with Crippen LogP contribution in [0.3, 0.4) is 0 Å². The van der Waals surface area contributed by atoms with Gasteiger partial charge in [-0.3, -0.25) is 0 Å². The zero-order chi connectivity index (χ0) is 13.6. The minimum Gasteiger partial charge on any atom is -0.399 e. The summed E-state index contributed by atoms with van der Waals surface area (Å²) in [5, 5.41) is 0. The van der Waals surface area contributed by atoms with Crippen LogP contribution in [-0.2, 0) is 10.0 Å². The summed E-state index contributed by atoms with van der Waals surface area (Å²) in [5.74, 6) is -4.07. The molecule has 18 heavy (non-hydrogen) atoms. The third-order valence-electron chi connectivity index (χ3n) is 2.71. The molecule has 1 aliphatic rings. The van der Waals surface area contributed by atoms with Crippen LogP contribution < -0.4 is 5.73 Å². The van der Waals surface area contributed by atoms with Crippen molar-refractivity contribution < 1.29 is 21.6 Å². The number of sulfonamides is 1. The number of nitrogens with two attached hydrogens (primary N) is 1. The Labute approximate surface area is 102 Å². The SMILES string of the molecule is Nc1ccc(F)c(S(=O)(=O)N2CCC(F)(F)C2)c1. The Bertz CT molecular complexity index is 574. The molecule has 100 valence electrons. The molecular formula is C10H11F3N2O2S. The molecule has 0 spiro atoms. The van der Waals surface area contributed by atoms with Crippen molar-refractivity contribution in [2.75, 3.05) is 18.8 Å². The summed E-state index contributed by atoms with van der Waals surface area (Å²) in [6.07, 6.45) is -0.559. The molecule has 1 fully saturated rings. The van der Waals surface area contributed by atoms with Gasteiger partial charge in [0.25, 0.3) is 5.92 Å². The van der Waals surface area contributed by atoms with Gasteiger partial charge in [-0.1, -0.05) is 0 Å². The number of alkyl halides is 2. The van der Waals surface area contributed by atoms with E-state index in [0.29, 0.717) is 4.31 Å². The summed E-state index contributed by atoms with van der Waals surface area (Å²) >= 11 is 0. The number of hydrogen-bond donors (Lipinski definition) is 1. The highest BCUT2D eigenvalue weighted by Crippen LogP contribution is 2.32. The summed E-state index contributed by atoms with van der Waals surface area (Å²) in [4.78, 5) is -0.666. The monoisotopic (exact) mass is 280 g/mol. The quantitative estimate of drug-likeness (QED) is 0.834. The molecule has 0 bridgehead atoms. The van der Waals surface area contributed by atoms with Gasteiger partial charge in [0.15, 0.2) is 0 Å². The lowest BCUT2D eigenvalue weighted by Gasteiger charge is -2.16. The van der Waals surface area contributed by atoms with Crippen LogP contribution in [0.5, 0.6) is 0 Å². The fourth-order valence-electron chi connectivity index (χ4n) is 1.77. The van der Waals surface area contributed by atoms with E-state index < -0.39 is 39.6 Å². The number of benzene rings is 1. The Kier molecular flexibility index (Phi) is 3.02. The van der Waals surface area contributed by atoms with E-state index in [4.69, 9.17) is 5.73 Å². The van der Waals surface area contributed by atoms with E-state index >= 15 is 0 Å². The Morgan fingerprint density at radius 2 is 2.00 bits per heavy atom. The van der Waals surface area contributed by atoms with Crippen molar-refractivity contribution in [2.24, 2.45) is 0 Å². The summed E-state index contributed by atoms with van der Waals surface area (Å²) in [6.45, 7) is -1.26. The normalized spacial score (nSPS) is 20.2. The van der Waals surface area contributed by atoms with Crippen molar-refractivity contribution in [2.45, 2.75) is 17.2 Å². The molecule has 1 heterocycles. The van der Waals surface area contributed by atoms with Crippen LogP contribution in [0, 0.1) is 5.82 Å². The number of halogens is 3. The first-order chi connectivity index (χ1) is 8.22. The molecule has 1 aromatic rings. The predicted molar refractivity (Wildman–Crippen MR) is 59.1 cm³/mol. The molecule has 2 N–H and O–H groups in total. The average Bonchev–Trinajstić information content (AvgIpc) is 2.63. The fourth-order valence-corrected chi connectivity index (χ4v) is 3.33. The van der Waals surface area contributed by atoms with Crippen LogP contribution in [0.25, 0.3) is 0 Å². The molecule has 1 aromatic carbocycles. The van der Waals surface area contributed by atoms with Crippen LogP contribution in [0.4, 0.5) is 18.9 Å². The van der Waals surface area contributed by atoms with Gasteiger partial charge >= 0.3 is 0 Å². The minimum absolute atomic E-state index is 0.0564. The van der Waals surface area contributed by atoms with Crippen LogP contribution in [-0.4, -0.2) is 31.7 Å². The first-order valence-electron chi connectivity index (χ1n) is 5.15. The molecule has 0 amide bonds. The lowest BCUT2D eigenvalue weighted by atomic mass is 10.3.